The minimum atomic E-state index is -2.65. The third-order valence-electron chi connectivity index (χ3n) is 3.38. The van der Waals surface area contributed by atoms with Gasteiger partial charge in [0.2, 0.25) is 0 Å². The Morgan fingerprint density at radius 1 is 0.762 bits per heavy atom. The lowest BCUT2D eigenvalue weighted by atomic mass is 10.1. The molecule has 114 valence electrons. The minimum absolute atomic E-state index is 0.608. The lowest BCUT2D eigenvalue weighted by Crippen LogP contribution is -2.48. The van der Waals surface area contributed by atoms with Crippen molar-refractivity contribution in [2.75, 3.05) is 19.8 Å². The standard InChI is InChI=1S/C17H24O3Si/c1-4-18-21(19-5-2,20-6-3)14-16-12-9-11-15-10-7-8-13-17(15)16/h7-13H,4-6,14H2,1-3H3. The largest absolute Gasteiger partial charge is 0.505 e. The third-order valence-corrected chi connectivity index (χ3v) is 6.38. The summed E-state index contributed by atoms with van der Waals surface area (Å²) in [6, 6.07) is 15.5. The van der Waals surface area contributed by atoms with E-state index in [0.717, 1.165) is 0 Å². The average molecular weight is 304 g/mol. The van der Waals surface area contributed by atoms with Gasteiger partial charge < -0.3 is 13.3 Å². The van der Waals surface area contributed by atoms with Crippen LogP contribution in [0.3, 0.4) is 0 Å². The monoisotopic (exact) mass is 304 g/mol. The third kappa shape index (κ3) is 3.92. The van der Waals surface area contributed by atoms with Gasteiger partial charge in [-0.25, -0.2) is 0 Å². The van der Waals surface area contributed by atoms with Crippen LogP contribution in [0.4, 0.5) is 0 Å². The Bertz CT molecular complexity index is 548. The van der Waals surface area contributed by atoms with E-state index in [1.165, 1.54) is 16.3 Å². The Hall–Kier alpha value is -1.20. The predicted octanol–water partition coefficient (Wildman–Crippen LogP) is 3.97. The molecule has 0 aliphatic rings. The molecule has 0 unspecified atom stereocenters. The molecule has 0 atom stereocenters. The van der Waals surface area contributed by atoms with Gasteiger partial charge in [-0.15, -0.1) is 0 Å². The van der Waals surface area contributed by atoms with Crippen molar-refractivity contribution in [3.63, 3.8) is 0 Å². The van der Waals surface area contributed by atoms with E-state index in [-0.39, 0.29) is 0 Å². The Kier molecular flexibility index (Phi) is 5.93. The van der Waals surface area contributed by atoms with Crippen molar-refractivity contribution in [3.8, 4) is 0 Å². The summed E-state index contributed by atoms with van der Waals surface area (Å²) in [6.07, 6.45) is 0. The summed E-state index contributed by atoms with van der Waals surface area (Å²) < 4.78 is 17.9. The molecule has 0 aromatic heterocycles. The average Bonchev–Trinajstić information content (AvgIpc) is 2.48. The topological polar surface area (TPSA) is 27.7 Å². The van der Waals surface area contributed by atoms with Crippen molar-refractivity contribution in [2.24, 2.45) is 0 Å². The zero-order valence-electron chi connectivity index (χ0n) is 13.1. The molecule has 0 saturated carbocycles. The number of hydrogen-bond acceptors (Lipinski definition) is 3. The zero-order valence-corrected chi connectivity index (χ0v) is 14.1. The quantitative estimate of drug-likeness (QED) is 0.691. The van der Waals surface area contributed by atoms with Crippen LogP contribution in [0.5, 0.6) is 0 Å². The Balaban J connectivity index is 2.37. The molecule has 4 heteroatoms. The molecule has 2 rings (SSSR count). The molecule has 0 fully saturated rings. The fourth-order valence-corrected chi connectivity index (χ4v) is 5.27. The smallest absolute Gasteiger partial charge is 0.374 e. The lowest BCUT2D eigenvalue weighted by molar-refractivity contribution is 0.0705. The highest BCUT2D eigenvalue weighted by Crippen LogP contribution is 2.24. The van der Waals surface area contributed by atoms with Crippen LogP contribution in [0, 0.1) is 0 Å². The summed E-state index contributed by atoms with van der Waals surface area (Å²) in [5, 5.41) is 2.48. The van der Waals surface area contributed by atoms with E-state index in [9.17, 15) is 0 Å². The second-order valence-electron chi connectivity index (χ2n) is 4.80. The normalized spacial score (nSPS) is 12.0. The first-order valence-corrected chi connectivity index (χ1v) is 9.56. The fourth-order valence-electron chi connectivity index (χ4n) is 2.62. The summed E-state index contributed by atoms with van der Waals surface area (Å²) >= 11 is 0. The van der Waals surface area contributed by atoms with Crippen LogP contribution in [-0.2, 0) is 19.3 Å². The number of fused-ring (bicyclic) bond motifs is 1. The Morgan fingerprint density at radius 3 is 1.95 bits per heavy atom. The molecule has 0 heterocycles. The van der Waals surface area contributed by atoms with Crippen LogP contribution in [0.1, 0.15) is 26.3 Å². The second-order valence-corrected chi connectivity index (χ2v) is 7.38. The molecule has 0 bridgehead atoms. The summed E-state index contributed by atoms with van der Waals surface area (Å²) in [5.41, 5.74) is 1.23. The maximum Gasteiger partial charge on any atom is 0.505 e. The van der Waals surface area contributed by atoms with Gasteiger partial charge in [-0.3, -0.25) is 0 Å². The summed E-state index contributed by atoms with van der Waals surface area (Å²) in [4.78, 5) is 0. The molecule has 0 radical (unpaired) electrons. The van der Waals surface area contributed by atoms with Crippen molar-refractivity contribution < 1.29 is 13.3 Å². The van der Waals surface area contributed by atoms with Gasteiger partial charge in [0.15, 0.2) is 0 Å². The number of benzene rings is 2. The highest BCUT2D eigenvalue weighted by molar-refractivity contribution is 6.60. The van der Waals surface area contributed by atoms with Gasteiger partial charge in [-0.05, 0) is 37.1 Å². The first-order valence-electron chi connectivity index (χ1n) is 7.63. The zero-order chi connectivity index (χ0) is 15.1. The highest BCUT2D eigenvalue weighted by atomic mass is 28.4. The van der Waals surface area contributed by atoms with E-state index >= 15 is 0 Å². The predicted molar refractivity (Wildman–Crippen MR) is 88.3 cm³/mol. The maximum atomic E-state index is 5.96. The minimum Gasteiger partial charge on any atom is -0.374 e. The molecule has 0 saturated heterocycles. The molecule has 0 amide bonds. The van der Waals surface area contributed by atoms with E-state index in [1.54, 1.807) is 0 Å². The molecule has 3 nitrogen and oxygen atoms in total. The summed E-state index contributed by atoms with van der Waals surface area (Å²) in [5.74, 6) is 0. The highest BCUT2D eigenvalue weighted by Gasteiger charge is 2.40. The molecular formula is C17H24O3Si. The SMILES string of the molecule is CCO[Si](Cc1cccc2ccccc12)(OCC)OCC. The van der Waals surface area contributed by atoms with Crippen molar-refractivity contribution in [2.45, 2.75) is 26.8 Å². The van der Waals surface area contributed by atoms with E-state index in [2.05, 4.69) is 42.5 Å². The van der Waals surface area contributed by atoms with Crippen molar-refractivity contribution in [1.29, 1.82) is 0 Å². The first-order chi connectivity index (χ1) is 10.2. The molecule has 0 aliphatic heterocycles. The van der Waals surface area contributed by atoms with Gasteiger partial charge in [-0.1, -0.05) is 42.5 Å². The number of rotatable bonds is 8. The van der Waals surface area contributed by atoms with E-state index < -0.39 is 8.80 Å². The summed E-state index contributed by atoms with van der Waals surface area (Å²) in [6.45, 7) is 7.79. The Morgan fingerprint density at radius 2 is 1.33 bits per heavy atom. The molecule has 0 spiro atoms. The van der Waals surface area contributed by atoms with Crippen molar-refractivity contribution in [1.82, 2.24) is 0 Å². The molecule has 2 aromatic carbocycles. The fraction of sp³-hybridized carbons (Fsp3) is 0.412. The van der Waals surface area contributed by atoms with Crippen LogP contribution >= 0.6 is 0 Å². The molecular weight excluding hydrogens is 280 g/mol. The van der Waals surface area contributed by atoms with Gasteiger partial charge in [0, 0.05) is 25.9 Å². The van der Waals surface area contributed by atoms with Gasteiger partial charge in [0.1, 0.15) is 0 Å². The molecule has 0 aliphatic carbocycles. The maximum absolute atomic E-state index is 5.96. The molecule has 0 N–H and O–H groups in total. The van der Waals surface area contributed by atoms with Gasteiger partial charge in [-0.2, -0.15) is 0 Å². The van der Waals surface area contributed by atoms with Crippen molar-refractivity contribution >= 4 is 19.6 Å². The Labute approximate surface area is 128 Å². The first kappa shape index (κ1) is 16.2. The second kappa shape index (κ2) is 7.71. The van der Waals surface area contributed by atoms with Gasteiger partial charge >= 0.3 is 8.80 Å². The van der Waals surface area contributed by atoms with E-state index in [0.29, 0.717) is 25.9 Å². The lowest BCUT2D eigenvalue weighted by Gasteiger charge is -2.29. The van der Waals surface area contributed by atoms with Crippen LogP contribution in [0.25, 0.3) is 10.8 Å². The molecule has 2 aromatic rings. The van der Waals surface area contributed by atoms with Gasteiger partial charge in [0.05, 0.1) is 0 Å². The van der Waals surface area contributed by atoms with Crippen molar-refractivity contribution in [3.05, 3.63) is 48.0 Å². The van der Waals surface area contributed by atoms with Crippen LogP contribution < -0.4 is 0 Å². The van der Waals surface area contributed by atoms with Gasteiger partial charge in [0.25, 0.3) is 0 Å². The molecule has 21 heavy (non-hydrogen) atoms. The van der Waals surface area contributed by atoms with Crippen LogP contribution in [-0.4, -0.2) is 28.6 Å². The number of hydrogen-bond donors (Lipinski definition) is 0. The van der Waals surface area contributed by atoms with Crippen LogP contribution in [0.2, 0.25) is 0 Å². The summed E-state index contributed by atoms with van der Waals surface area (Å²) in [7, 11) is -2.65. The van der Waals surface area contributed by atoms with E-state index in [4.69, 9.17) is 13.3 Å². The van der Waals surface area contributed by atoms with E-state index in [1.807, 2.05) is 20.8 Å². The van der Waals surface area contributed by atoms with Crippen LogP contribution in [0.15, 0.2) is 42.5 Å².